The Kier molecular flexibility index (Phi) is 3.55. The standard InChI is InChI=1S/C20H17N5O3/c1-24-10-22-15-7-12(8-21-18(15)24)11-2-3-14-13(6-11)9-25(20(14)28)16-4-5-17(26)23-19(16)27/h2-3,6-8,10,16H,4-5,9H2,1H3,(H,23,26,27). The lowest BCUT2D eigenvalue weighted by molar-refractivity contribution is -0.136. The van der Waals surface area contributed by atoms with Gasteiger partial charge in [0.1, 0.15) is 11.6 Å². The van der Waals surface area contributed by atoms with Crippen LogP contribution in [0.5, 0.6) is 0 Å². The summed E-state index contributed by atoms with van der Waals surface area (Å²) in [6.07, 6.45) is 4.12. The van der Waals surface area contributed by atoms with Gasteiger partial charge in [0.2, 0.25) is 11.8 Å². The van der Waals surface area contributed by atoms with Crippen LogP contribution in [0.4, 0.5) is 0 Å². The molecule has 0 saturated carbocycles. The van der Waals surface area contributed by atoms with E-state index in [2.05, 4.69) is 15.3 Å². The number of fused-ring (bicyclic) bond motifs is 2. The van der Waals surface area contributed by atoms with E-state index < -0.39 is 11.9 Å². The van der Waals surface area contributed by atoms with Gasteiger partial charge >= 0.3 is 0 Å². The second-order valence-corrected chi connectivity index (χ2v) is 7.19. The molecule has 1 N–H and O–H groups in total. The van der Waals surface area contributed by atoms with Crippen molar-refractivity contribution in [3.05, 3.63) is 47.9 Å². The molecule has 8 heteroatoms. The van der Waals surface area contributed by atoms with E-state index >= 15 is 0 Å². The Hall–Kier alpha value is -3.55. The molecule has 1 atom stereocenters. The zero-order valence-electron chi connectivity index (χ0n) is 15.2. The predicted octanol–water partition coefficient (Wildman–Crippen LogP) is 1.40. The Bertz CT molecular complexity index is 1170. The van der Waals surface area contributed by atoms with Gasteiger partial charge in [-0.1, -0.05) is 6.07 Å². The average Bonchev–Trinajstić information content (AvgIpc) is 3.21. The van der Waals surface area contributed by atoms with E-state index in [1.807, 2.05) is 29.8 Å². The number of pyridine rings is 1. The molecule has 8 nitrogen and oxygen atoms in total. The van der Waals surface area contributed by atoms with Crippen molar-refractivity contribution < 1.29 is 14.4 Å². The molecule has 3 amide bonds. The number of rotatable bonds is 2. The number of benzene rings is 1. The summed E-state index contributed by atoms with van der Waals surface area (Å²) in [7, 11) is 1.90. The van der Waals surface area contributed by atoms with Crippen LogP contribution in [0.2, 0.25) is 0 Å². The van der Waals surface area contributed by atoms with E-state index in [0.717, 1.165) is 27.9 Å². The number of hydrogen-bond donors (Lipinski definition) is 1. The van der Waals surface area contributed by atoms with Gasteiger partial charge in [0.05, 0.1) is 6.33 Å². The van der Waals surface area contributed by atoms with E-state index in [-0.39, 0.29) is 18.2 Å². The fourth-order valence-corrected chi connectivity index (χ4v) is 3.93. The number of aromatic nitrogens is 3. The molecule has 4 heterocycles. The van der Waals surface area contributed by atoms with Crippen LogP contribution in [0.25, 0.3) is 22.3 Å². The number of imide groups is 1. The highest BCUT2D eigenvalue weighted by atomic mass is 16.2. The van der Waals surface area contributed by atoms with E-state index in [4.69, 9.17) is 0 Å². The first-order chi connectivity index (χ1) is 13.5. The molecule has 28 heavy (non-hydrogen) atoms. The lowest BCUT2D eigenvalue weighted by Crippen LogP contribution is -2.52. The second-order valence-electron chi connectivity index (χ2n) is 7.19. The van der Waals surface area contributed by atoms with Gasteiger partial charge in [0.25, 0.3) is 5.91 Å². The number of nitrogens with one attached hydrogen (secondary N) is 1. The van der Waals surface area contributed by atoms with Crippen molar-refractivity contribution in [1.29, 1.82) is 0 Å². The lowest BCUT2D eigenvalue weighted by Gasteiger charge is -2.29. The van der Waals surface area contributed by atoms with Crippen molar-refractivity contribution in [2.75, 3.05) is 0 Å². The molecule has 0 bridgehead atoms. The van der Waals surface area contributed by atoms with Crippen molar-refractivity contribution in [2.45, 2.75) is 25.4 Å². The fourth-order valence-electron chi connectivity index (χ4n) is 3.93. The molecule has 0 aliphatic carbocycles. The summed E-state index contributed by atoms with van der Waals surface area (Å²) < 4.78 is 1.86. The molecular weight excluding hydrogens is 358 g/mol. The van der Waals surface area contributed by atoms with Gasteiger partial charge in [-0.05, 0) is 35.7 Å². The quantitative estimate of drug-likeness (QED) is 0.683. The summed E-state index contributed by atoms with van der Waals surface area (Å²) in [6.45, 7) is 0.355. The minimum Gasteiger partial charge on any atom is -0.322 e. The van der Waals surface area contributed by atoms with E-state index in [1.165, 1.54) is 0 Å². The molecule has 0 radical (unpaired) electrons. The number of amides is 3. The number of piperidine rings is 1. The van der Waals surface area contributed by atoms with Gasteiger partial charge in [-0.15, -0.1) is 0 Å². The predicted molar refractivity (Wildman–Crippen MR) is 100.0 cm³/mol. The Morgan fingerprint density at radius 3 is 2.79 bits per heavy atom. The van der Waals surface area contributed by atoms with Crippen molar-refractivity contribution in [3.63, 3.8) is 0 Å². The molecule has 140 valence electrons. The summed E-state index contributed by atoms with van der Waals surface area (Å²) in [6, 6.07) is 7.01. The zero-order chi connectivity index (χ0) is 19.4. The smallest absolute Gasteiger partial charge is 0.255 e. The largest absolute Gasteiger partial charge is 0.322 e. The SMILES string of the molecule is Cn1cnc2cc(-c3ccc4c(c3)CN(C3CCC(=O)NC3=O)C4=O)cnc21. The number of hydrogen-bond acceptors (Lipinski definition) is 5. The summed E-state index contributed by atoms with van der Waals surface area (Å²) in [5.41, 5.74) is 4.94. The van der Waals surface area contributed by atoms with Crippen LogP contribution in [-0.4, -0.2) is 43.2 Å². The van der Waals surface area contributed by atoms with E-state index in [9.17, 15) is 14.4 Å². The molecule has 2 aliphatic heterocycles. The Morgan fingerprint density at radius 1 is 1.11 bits per heavy atom. The third kappa shape index (κ3) is 2.49. The van der Waals surface area contributed by atoms with Crippen LogP contribution in [0.3, 0.4) is 0 Å². The summed E-state index contributed by atoms with van der Waals surface area (Å²) >= 11 is 0. The second kappa shape index (κ2) is 5.98. The van der Waals surface area contributed by atoms with Crippen LogP contribution in [-0.2, 0) is 23.2 Å². The normalized spacial score (nSPS) is 19.2. The molecule has 2 aliphatic rings. The van der Waals surface area contributed by atoms with Crippen molar-refractivity contribution >= 4 is 28.9 Å². The first kappa shape index (κ1) is 16.6. The van der Waals surface area contributed by atoms with Crippen molar-refractivity contribution in [2.24, 2.45) is 7.05 Å². The third-order valence-corrected chi connectivity index (χ3v) is 5.41. The Morgan fingerprint density at radius 2 is 1.96 bits per heavy atom. The maximum Gasteiger partial charge on any atom is 0.255 e. The van der Waals surface area contributed by atoms with Gasteiger partial charge in [-0.3, -0.25) is 19.7 Å². The van der Waals surface area contributed by atoms with Crippen molar-refractivity contribution in [3.8, 4) is 11.1 Å². The summed E-state index contributed by atoms with van der Waals surface area (Å²) in [5, 5.41) is 2.32. The lowest BCUT2D eigenvalue weighted by atomic mass is 10.0. The van der Waals surface area contributed by atoms with Crippen LogP contribution >= 0.6 is 0 Å². The minimum atomic E-state index is -0.604. The van der Waals surface area contributed by atoms with Gasteiger partial charge in [-0.25, -0.2) is 9.97 Å². The number of imidazole rings is 1. The Balaban J connectivity index is 1.46. The van der Waals surface area contributed by atoms with E-state index in [1.54, 1.807) is 23.5 Å². The third-order valence-electron chi connectivity index (χ3n) is 5.41. The maximum absolute atomic E-state index is 12.8. The molecule has 1 saturated heterocycles. The van der Waals surface area contributed by atoms with Crippen molar-refractivity contribution in [1.82, 2.24) is 24.8 Å². The Labute approximate surface area is 160 Å². The van der Waals surface area contributed by atoms with Crippen LogP contribution in [0, 0.1) is 0 Å². The van der Waals surface area contributed by atoms with Crippen LogP contribution < -0.4 is 5.32 Å². The topological polar surface area (TPSA) is 97.2 Å². The van der Waals surface area contributed by atoms with Gasteiger partial charge < -0.3 is 9.47 Å². The minimum absolute atomic E-state index is 0.172. The number of nitrogens with zero attached hydrogens (tertiary/aromatic N) is 4. The molecule has 5 rings (SSSR count). The molecule has 2 aromatic heterocycles. The highest BCUT2D eigenvalue weighted by Gasteiger charge is 2.39. The average molecular weight is 375 g/mol. The highest BCUT2D eigenvalue weighted by Crippen LogP contribution is 2.31. The molecule has 1 aromatic carbocycles. The van der Waals surface area contributed by atoms with E-state index in [0.29, 0.717) is 18.5 Å². The molecule has 0 spiro atoms. The summed E-state index contributed by atoms with van der Waals surface area (Å²) in [5.74, 6) is -0.859. The highest BCUT2D eigenvalue weighted by molar-refractivity contribution is 6.05. The number of carbonyl (C=O) groups excluding carboxylic acids is 3. The monoisotopic (exact) mass is 375 g/mol. The molecular formula is C20H17N5O3. The fraction of sp³-hybridized carbons (Fsp3) is 0.250. The maximum atomic E-state index is 12.8. The first-order valence-electron chi connectivity index (χ1n) is 9.06. The molecule has 3 aromatic rings. The van der Waals surface area contributed by atoms with Crippen LogP contribution in [0.1, 0.15) is 28.8 Å². The summed E-state index contributed by atoms with van der Waals surface area (Å²) in [4.78, 5) is 46.7. The van der Waals surface area contributed by atoms with Gasteiger partial charge in [-0.2, -0.15) is 0 Å². The zero-order valence-corrected chi connectivity index (χ0v) is 15.2. The number of carbonyl (C=O) groups is 3. The van der Waals surface area contributed by atoms with Crippen LogP contribution in [0.15, 0.2) is 36.8 Å². The molecule has 1 fully saturated rings. The molecule has 1 unspecified atom stereocenters. The number of aryl methyl sites for hydroxylation is 1. The first-order valence-corrected chi connectivity index (χ1v) is 9.06. The van der Waals surface area contributed by atoms with Gasteiger partial charge in [0, 0.05) is 37.3 Å². The van der Waals surface area contributed by atoms with Gasteiger partial charge in [0.15, 0.2) is 5.65 Å².